The summed E-state index contributed by atoms with van der Waals surface area (Å²) in [5.74, 6) is -0.0519. The summed E-state index contributed by atoms with van der Waals surface area (Å²) in [5.41, 5.74) is 2.03. The number of fused-ring (bicyclic) bond motifs is 1. The smallest absolute Gasteiger partial charge is 0.350 e. The van der Waals surface area contributed by atoms with E-state index in [0.29, 0.717) is 24.3 Å². The molecule has 1 fully saturated rings. The molecule has 1 unspecified atom stereocenters. The van der Waals surface area contributed by atoms with Gasteiger partial charge in [0.2, 0.25) is 5.91 Å². The summed E-state index contributed by atoms with van der Waals surface area (Å²) in [6, 6.07) is 12.9. The molecule has 3 heterocycles. The van der Waals surface area contributed by atoms with Gasteiger partial charge in [0.1, 0.15) is 0 Å². The molecule has 2 aromatic heterocycles. The predicted molar refractivity (Wildman–Crippen MR) is 102 cm³/mol. The highest BCUT2D eigenvalue weighted by Gasteiger charge is 2.17. The van der Waals surface area contributed by atoms with Crippen molar-refractivity contribution < 1.29 is 9.53 Å². The molecular weight excluding hydrogens is 344 g/mol. The number of nitrogens with zero attached hydrogens (tertiary/aromatic N) is 3. The maximum atomic E-state index is 12.4. The molecule has 4 rings (SSSR count). The Labute approximate surface area is 156 Å². The highest BCUT2D eigenvalue weighted by molar-refractivity contribution is 5.91. The molecule has 140 valence electrons. The first-order valence-corrected chi connectivity index (χ1v) is 9.24. The number of hydrogen-bond acceptors (Lipinski definition) is 4. The third-order valence-electron chi connectivity index (χ3n) is 4.72. The number of anilines is 1. The molecule has 7 nitrogen and oxygen atoms in total. The summed E-state index contributed by atoms with van der Waals surface area (Å²) in [4.78, 5) is 24.7. The van der Waals surface area contributed by atoms with Gasteiger partial charge in [0, 0.05) is 18.5 Å². The van der Waals surface area contributed by atoms with E-state index in [0.717, 1.165) is 31.4 Å². The van der Waals surface area contributed by atoms with E-state index in [1.165, 1.54) is 9.08 Å². The van der Waals surface area contributed by atoms with E-state index in [9.17, 15) is 9.59 Å². The Morgan fingerprint density at radius 3 is 2.96 bits per heavy atom. The average Bonchev–Trinajstić information content (AvgIpc) is 2.99. The lowest BCUT2D eigenvalue weighted by molar-refractivity contribution is -0.119. The zero-order chi connectivity index (χ0) is 18.6. The van der Waals surface area contributed by atoms with Crippen LogP contribution in [0.2, 0.25) is 0 Å². The van der Waals surface area contributed by atoms with Gasteiger partial charge < -0.3 is 10.1 Å². The van der Waals surface area contributed by atoms with Crippen LogP contribution in [0, 0.1) is 0 Å². The van der Waals surface area contributed by atoms with Crippen molar-refractivity contribution in [2.24, 2.45) is 0 Å². The van der Waals surface area contributed by atoms with E-state index >= 15 is 0 Å². The number of pyridine rings is 1. The molecule has 1 atom stereocenters. The van der Waals surface area contributed by atoms with E-state index in [2.05, 4.69) is 10.4 Å². The lowest BCUT2D eigenvalue weighted by Crippen LogP contribution is -2.25. The minimum absolute atomic E-state index is 0.0125. The lowest BCUT2D eigenvalue weighted by Gasteiger charge is -2.22. The number of carbonyl (C=O) groups excluding carboxylic acids is 1. The van der Waals surface area contributed by atoms with Crippen molar-refractivity contribution in [3.63, 3.8) is 0 Å². The van der Waals surface area contributed by atoms with Gasteiger partial charge in [0.05, 0.1) is 19.1 Å². The van der Waals surface area contributed by atoms with Crippen molar-refractivity contribution in [1.82, 2.24) is 14.2 Å². The highest BCUT2D eigenvalue weighted by atomic mass is 16.5. The maximum Gasteiger partial charge on any atom is 0.350 e. The molecule has 1 amide bonds. The molecule has 0 saturated carbocycles. The average molecular weight is 366 g/mol. The van der Waals surface area contributed by atoms with Gasteiger partial charge >= 0.3 is 5.69 Å². The van der Waals surface area contributed by atoms with Crippen molar-refractivity contribution in [2.45, 2.75) is 38.3 Å². The molecule has 1 saturated heterocycles. The van der Waals surface area contributed by atoms with Crippen LogP contribution in [-0.2, 0) is 16.1 Å². The zero-order valence-corrected chi connectivity index (χ0v) is 15.0. The second kappa shape index (κ2) is 7.75. The van der Waals surface area contributed by atoms with Gasteiger partial charge in [0.15, 0.2) is 5.65 Å². The molecule has 7 heteroatoms. The van der Waals surface area contributed by atoms with Gasteiger partial charge in [-0.25, -0.2) is 9.48 Å². The lowest BCUT2D eigenvalue weighted by atomic mass is 10.1. The van der Waals surface area contributed by atoms with Crippen molar-refractivity contribution in [2.75, 3.05) is 11.9 Å². The molecule has 0 radical (unpaired) electrons. The van der Waals surface area contributed by atoms with Gasteiger partial charge in [-0.05, 0) is 49.1 Å². The number of hydrogen-bond donors (Lipinski definition) is 1. The first-order chi connectivity index (χ1) is 13.2. The number of nitrogens with one attached hydrogen (secondary N) is 1. The second-order valence-electron chi connectivity index (χ2n) is 6.81. The Hall–Kier alpha value is -2.93. The summed E-state index contributed by atoms with van der Waals surface area (Å²) in [6.07, 6.45) is 5.20. The van der Waals surface area contributed by atoms with Crippen LogP contribution in [0.25, 0.3) is 5.65 Å². The van der Waals surface area contributed by atoms with Crippen LogP contribution < -0.4 is 11.0 Å². The van der Waals surface area contributed by atoms with Gasteiger partial charge in [-0.2, -0.15) is 0 Å². The molecule has 27 heavy (non-hydrogen) atoms. The molecule has 0 spiro atoms. The van der Waals surface area contributed by atoms with Gasteiger partial charge in [-0.1, -0.05) is 18.2 Å². The quantitative estimate of drug-likeness (QED) is 0.752. The second-order valence-corrected chi connectivity index (χ2v) is 6.81. The summed E-state index contributed by atoms with van der Waals surface area (Å²) < 4.78 is 8.55. The number of carbonyl (C=O) groups is 1. The Bertz CT molecular complexity index is 1000. The number of ether oxygens (including phenoxy) is 1. The SMILES string of the molecule is O=C(CC1CCCCO1)Nc1cccc(Cn2nc3ccccn3c2=O)c1. The predicted octanol–water partition coefficient (Wildman–Crippen LogP) is 2.44. The Morgan fingerprint density at radius 2 is 2.15 bits per heavy atom. The van der Waals surface area contributed by atoms with Crippen LogP contribution in [0.3, 0.4) is 0 Å². The summed E-state index contributed by atoms with van der Waals surface area (Å²) in [6.45, 7) is 1.08. The highest BCUT2D eigenvalue weighted by Crippen LogP contribution is 2.17. The standard InChI is InChI=1S/C20H22N4O3/c25-19(13-17-8-2-4-11-27-17)21-16-7-5-6-15(12-16)14-24-20(26)23-10-3-1-9-18(23)22-24/h1,3,5-7,9-10,12,17H,2,4,8,11,13-14H2,(H,21,25). The number of benzene rings is 1. The van der Waals surface area contributed by atoms with E-state index in [1.807, 2.05) is 30.3 Å². The number of rotatable bonds is 5. The first-order valence-electron chi connectivity index (χ1n) is 9.24. The maximum absolute atomic E-state index is 12.4. The third-order valence-corrected chi connectivity index (χ3v) is 4.72. The van der Waals surface area contributed by atoms with Crippen LogP contribution in [0.15, 0.2) is 53.5 Å². The molecule has 1 aliphatic heterocycles. The van der Waals surface area contributed by atoms with Crippen molar-refractivity contribution in [3.05, 3.63) is 64.7 Å². The fraction of sp³-hybridized carbons (Fsp3) is 0.350. The minimum Gasteiger partial charge on any atom is -0.378 e. The molecule has 1 aliphatic rings. The Kier molecular flexibility index (Phi) is 5.02. The summed E-state index contributed by atoms with van der Waals surface area (Å²) in [5, 5.41) is 7.26. The van der Waals surface area contributed by atoms with E-state index in [1.54, 1.807) is 18.3 Å². The van der Waals surface area contributed by atoms with Gasteiger partial charge in [0.25, 0.3) is 0 Å². The van der Waals surface area contributed by atoms with Gasteiger partial charge in [-0.3, -0.25) is 9.20 Å². The number of aromatic nitrogens is 3. The monoisotopic (exact) mass is 366 g/mol. The van der Waals surface area contributed by atoms with Crippen molar-refractivity contribution in [1.29, 1.82) is 0 Å². The topological polar surface area (TPSA) is 77.6 Å². The third kappa shape index (κ3) is 4.09. The van der Waals surface area contributed by atoms with Crippen LogP contribution in [0.1, 0.15) is 31.2 Å². The normalized spacial score (nSPS) is 17.1. The first kappa shape index (κ1) is 17.5. The van der Waals surface area contributed by atoms with Gasteiger partial charge in [-0.15, -0.1) is 5.10 Å². The van der Waals surface area contributed by atoms with E-state index < -0.39 is 0 Å². The van der Waals surface area contributed by atoms with Crippen LogP contribution in [-0.4, -0.2) is 32.8 Å². The van der Waals surface area contributed by atoms with E-state index in [4.69, 9.17) is 4.74 Å². The molecule has 3 aromatic rings. The van der Waals surface area contributed by atoms with Crippen LogP contribution >= 0.6 is 0 Å². The van der Waals surface area contributed by atoms with Crippen LogP contribution in [0.4, 0.5) is 5.69 Å². The molecule has 0 aliphatic carbocycles. The fourth-order valence-electron chi connectivity index (χ4n) is 3.38. The van der Waals surface area contributed by atoms with Crippen molar-refractivity contribution >= 4 is 17.2 Å². The molecular formula is C20H22N4O3. The largest absolute Gasteiger partial charge is 0.378 e. The molecule has 0 bridgehead atoms. The van der Waals surface area contributed by atoms with Crippen molar-refractivity contribution in [3.8, 4) is 0 Å². The summed E-state index contributed by atoms with van der Waals surface area (Å²) in [7, 11) is 0. The zero-order valence-electron chi connectivity index (χ0n) is 15.0. The number of amides is 1. The Morgan fingerprint density at radius 1 is 1.22 bits per heavy atom. The van der Waals surface area contributed by atoms with E-state index in [-0.39, 0.29) is 17.7 Å². The Balaban J connectivity index is 1.44. The van der Waals surface area contributed by atoms with Crippen LogP contribution in [0.5, 0.6) is 0 Å². The molecule has 1 N–H and O–H groups in total. The summed E-state index contributed by atoms with van der Waals surface area (Å²) >= 11 is 0. The fourth-order valence-corrected chi connectivity index (χ4v) is 3.38. The molecule has 1 aromatic carbocycles. The minimum atomic E-state index is -0.186.